The van der Waals surface area contributed by atoms with Crippen LogP contribution in [0.3, 0.4) is 0 Å². The van der Waals surface area contributed by atoms with Crippen LogP contribution in [-0.4, -0.2) is 18.5 Å². The number of nitrogens with one attached hydrogen (secondary N) is 1. The molecule has 0 spiro atoms. The molecule has 0 fully saturated rings. The average Bonchev–Trinajstić information content (AvgIpc) is 2.67. The smallest absolute Gasteiger partial charge is 0.349 e. The van der Waals surface area contributed by atoms with Gasteiger partial charge in [-0.25, -0.2) is 4.79 Å². The Balaban J connectivity index is 1.94. The lowest BCUT2D eigenvalue weighted by atomic mass is 10.0. The van der Waals surface area contributed by atoms with Crippen molar-refractivity contribution in [1.29, 1.82) is 0 Å². The number of carbonyl (C=O) groups excluding carboxylic acids is 2. The third-order valence-corrected chi connectivity index (χ3v) is 4.78. The first kappa shape index (κ1) is 20.9. The summed E-state index contributed by atoms with van der Waals surface area (Å²) in [5, 5.41) is 4.00. The van der Waals surface area contributed by atoms with Crippen molar-refractivity contribution >= 4 is 46.0 Å². The maximum atomic E-state index is 12.8. The minimum atomic E-state index is -0.800. The van der Waals surface area contributed by atoms with Gasteiger partial charge in [0.15, 0.2) is 0 Å². The van der Waals surface area contributed by atoms with Crippen LogP contribution in [0, 0.1) is 0 Å². The molecule has 0 aliphatic heterocycles. The number of esters is 1. The van der Waals surface area contributed by atoms with Crippen LogP contribution in [0.5, 0.6) is 0 Å². The van der Waals surface area contributed by atoms with Gasteiger partial charge >= 0.3 is 11.6 Å². The number of benzene rings is 2. The van der Waals surface area contributed by atoms with Crippen LogP contribution in [0.25, 0.3) is 11.0 Å². The average molecular weight is 434 g/mol. The molecule has 3 aromatic rings. The molecule has 1 N–H and O–H groups in total. The number of hydrogen-bond donors (Lipinski definition) is 1. The van der Waals surface area contributed by atoms with Crippen molar-refractivity contribution < 1.29 is 18.7 Å². The Hall–Kier alpha value is -2.83. The van der Waals surface area contributed by atoms with Crippen molar-refractivity contribution in [3.8, 4) is 0 Å². The van der Waals surface area contributed by atoms with Gasteiger partial charge in [-0.05, 0) is 42.8 Å². The van der Waals surface area contributed by atoms with Gasteiger partial charge in [-0.2, -0.15) is 0 Å². The summed E-state index contributed by atoms with van der Waals surface area (Å²) < 4.78 is 10.2. The Morgan fingerprint density at radius 2 is 1.90 bits per heavy atom. The van der Waals surface area contributed by atoms with Gasteiger partial charge in [0.1, 0.15) is 11.1 Å². The summed E-state index contributed by atoms with van der Waals surface area (Å²) in [7, 11) is 0. The second-order valence-corrected chi connectivity index (χ2v) is 7.03. The molecule has 3 rings (SSSR count). The Bertz CT molecular complexity index is 1130. The topological polar surface area (TPSA) is 85.6 Å². The van der Waals surface area contributed by atoms with E-state index in [0.29, 0.717) is 26.6 Å². The van der Waals surface area contributed by atoms with Gasteiger partial charge < -0.3 is 14.5 Å². The molecule has 0 aliphatic rings. The maximum Gasteiger partial charge on any atom is 0.349 e. The van der Waals surface area contributed by atoms with E-state index >= 15 is 0 Å². The normalized spacial score (nSPS) is 11.8. The van der Waals surface area contributed by atoms with E-state index in [0.717, 1.165) is 0 Å². The molecular formula is C21H17Cl2NO5. The van der Waals surface area contributed by atoms with Crippen molar-refractivity contribution in [2.24, 2.45) is 0 Å². The van der Waals surface area contributed by atoms with Gasteiger partial charge in [0.05, 0.1) is 19.1 Å². The zero-order valence-corrected chi connectivity index (χ0v) is 16.9. The van der Waals surface area contributed by atoms with Gasteiger partial charge in [0.25, 0.3) is 5.91 Å². The number of amides is 1. The minimum Gasteiger partial charge on any atom is -0.466 e. The SMILES string of the molecule is CCOC(=O)CC(NC(=O)c1cc2cc(Cl)ccc2oc1=O)c1ccccc1Cl. The summed E-state index contributed by atoms with van der Waals surface area (Å²) >= 11 is 12.2. The van der Waals surface area contributed by atoms with E-state index in [9.17, 15) is 14.4 Å². The number of carbonyl (C=O) groups is 2. The van der Waals surface area contributed by atoms with Crippen molar-refractivity contribution in [3.63, 3.8) is 0 Å². The first-order valence-electron chi connectivity index (χ1n) is 8.83. The first-order valence-corrected chi connectivity index (χ1v) is 9.59. The Morgan fingerprint density at radius 1 is 1.14 bits per heavy atom. The molecule has 6 nitrogen and oxygen atoms in total. The molecule has 1 heterocycles. The highest BCUT2D eigenvalue weighted by molar-refractivity contribution is 6.31. The molecule has 0 radical (unpaired) electrons. The van der Waals surface area contributed by atoms with Crippen molar-refractivity contribution in [2.75, 3.05) is 6.61 Å². The van der Waals surface area contributed by atoms with E-state index in [2.05, 4.69) is 5.32 Å². The quantitative estimate of drug-likeness (QED) is 0.455. The predicted molar refractivity (Wildman–Crippen MR) is 110 cm³/mol. The van der Waals surface area contributed by atoms with Crippen LogP contribution in [-0.2, 0) is 9.53 Å². The molecule has 0 bridgehead atoms. The van der Waals surface area contributed by atoms with E-state index in [1.807, 2.05) is 0 Å². The van der Waals surface area contributed by atoms with Gasteiger partial charge in [0.2, 0.25) is 0 Å². The molecule has 29 heavy (non-hydrogen) atoms. The summed E-state index contributed by atoms with van der Waals surface area (Å²) in [4.78, 5) is 37.1. The monoisotopic (exact) mass is 433 g/mol. The second kappa shape index (κ2) is 9.11. The summed E-state index contributed by atoms with van der Waals surface area (Å²) in [5.74, 6) is -1.20. The molecule has 150 valence electrons. The van der Waals surface area contributed by atoms with Crippen LogP contribution >= 0.6 is 23.2 Å². The molecule has 1 atom stereocenters. The second-order valence-electron chi connectivity index (χ2n) is 6.19. The lowest BCUT2D eigenvalue weighted by Gasteiger charge is -2.19. The summed E-state index contributed by atoms with van der Waals surface area (Å²) in [6.07, 6.45) is -0.145. The van der Waals surface area contributed by atoms with Gasteiger partial charge in [0, 0.05) is 15.4 Å². The fourth-order valence-electron chi connectivity index (χ4n) is 2.87. The first-order chi connectivity index (χ1) is 13.9. The molecule has 0 saturated heterocycles. The highest BCUT2D eigenvalue weighted by Crippen LogP contribution is 2.26. The fraction of sp³-hybridized carbons (Fsp3) is 0.190. The highest BCUT2D eigenvalue weighted by Gasteiger charge is 2.24. The summed E-state index contributed by atoms with van der Waals surface area (Å²) in [6.45, 7) is 1.89. The zero-order valence-electron chi connectivity index (χ0n) is 15.4. The number of fused-ring (bicyclic) bond motifs is 1. The van der Waals surface area contributed by atoms with E-state index in [1.54, 1.807) is 49.4 Å². The van der Waals surface area contributed by atoms with Gasteiger partial charge in [-0.1, -0.05) is 41.4 Å². The third-order valence-electron chi connectivity index (χ3n) is 4.20. The number of halogens is 2. The minimum absolute atomic E-state index is 0.145. The lowest BCUT2D eigenvalue weighted by molar-refractivity contribution is -0.143. The van der Waals surface area contributed by atoms with Crippen molar-refractivity contribution in [3.05, 3.63) is 80.1 Å². The summed E-state index contributed by atoms with van der Waals surface area (Å²) in [6, 6.07) is 12.1. The lowest BCUT2D eigenvalue weighted by Crippen LogP contribution is -2.33. The largest absolute Gasteiger partial charge is 0.466 e. The van der Waals surface area contributed by atoms with E-state index in [4.69, 9.17) is 32.4 Å². The van der Waals surface area contributed by atoms with Crippen molar-refractivity contribution in [1.82, 2.24) is 5.32 Å². The molecule has 1 amide bonds. The van der Waals surface area contributed by atoms with Gasteiger partial charge in [-0.15, -0.1) is 0 Å². The number of ether oxygens (including phenoxy) is 1. The molecule has 0 saturated carbocycles. The maximum absolute atomic E-state index is 12.8. The molecular weight excluding hydrogens is 417 g/mol. The molecule has 1 unspecified atom stereocenters. The predicted octanol–water partition coefficient (Wildman–Crippen LogP) is 4.52. The molecule has 0 aliphatic carbocycles. The van der Waals surface area contributed by atoms with Crippen LogP contribution in [0.15, 0.2) is 57.7 Å². The number of hydrogen-bond acceptors (Lipinski definition) is 5. The summed E-state index contributed by atoms with van der Waals surface area (Å²) in [5.41, 5.74) is -0.166. The van der Waals surface area contributed by atoms with Crippen LogP contribution in [0.4, 0.5) is 0 Å². The molecule has 2 aromatic carbocycles. The van der Waals surface area contributed by atoms with Crippen LogP contribution in [0.1, 0.15) is 35.3 Å². The van der Waals surface area contributed by atoms with Crippen molar-refractivity contribution in [2.45, 2.75) is 19.4 Å². The van der Waals surface area contributed by atoms with E-state index in [-0.39, 0.29) is 18.6 Å². The Morgan fingerprint density at radius 3 is 2.62 bits per heavy atom. The van der Waals surface area contributed by atoms with Gasteiger partial charge in [-0.3, -0.25) is 9.59 Å². The fourth-order valence-corrected chi connectivity index (χ4v) is 3.32. The standard InChI is InChI=1S/C21H17Cl2NO5/c1-2-28-19(25)11-17(14-5-3-4-6-16(14)23)24-20(26)15-10-12-9-13(22)7-8-18(12)29-21(15)27/h3-10,17H,2,11H2,1H3,(H,24,26). The zero-order chi connectivity index (χ0) is 21.0. The Kier molecular flexibility index (Phi) is 6.56. The van der Waals surface area contributed by atoms with E-state index in [1.165, 1.54) is 6.07 Å². The third kappa shape index (κ3) is 4.96. The van der Waals surface area contributed by atoms with Crippen LogP contribution < -0.4 is 10.9 Å². The molecule has 1 aromatic heterocycles. The number of rotatable bonds is 6. The van der Waals surface area contributed by atoms with E-state index < -0.39 is 23.5 Å². The Labute approximate surface area is 176 Å². The molecule has 8 heteroatoms. The van der Waals surface area contributed by atoms with Crippen LogP contribution in [0.2, 0.25) is 10.0 Å². The highest BCUT2D eigenvalue weighted by atomic mass is 35.5.